The van der Waals surface area contributed by atoms with Gasteiger partial charge < -0.3 is 23.7 Å². The summed E-state index contributed by atoms with van der Waals surface area (Å²) in [4.78, 5) is 25.6. The van der Waals surface area contributed by atoms with Crippen LogP contribution in [0.15, 0.2) is 56.6 Å². The third-order valence-electron chi connectivity index (χ3n) is 5.61. The minimum absolute atomic E-state index is 0.0363. The van der Waals surface area contributed by atoms with Gasteiger partial charge in [0.25, 0.3) is 0 Å². The van der Waals surface area contributed by atoms with Crippen LogP contribution in [-0.4, -0.2) is 25.3 Å². The summed E-state index contributed by atoms with van der Waals surface area (Å²) in [5, 5.41) is 14.6. The Kier molecular flexibility index (Phi) is 4.86. The molecule has 0 aliphatic carbocycles. The van der Waals surface area contributed by atoms with Gasteiger partial charge in [-0.2, -0.15) is 11.3 Å². The molecular formula is C24H18O7S. The van der Waals surface area contributed by atoms with Crippen molar-refractivity contribution in [1.82, 2.24) is 0 Å². The molecule has 2 aromatic carbocycles. The van der Waals surface area contributed by atoms with Gasteiger partial charge in [0.15, 0.2) is 11.5 Å². The molecular weight excluding hydrogens is 432 g/mol. The fraction of sp³-hybridized carbons (Fsp3) is 0.167. The largest absolute Gasteiger partial charge is 0.507 e. The molecule has 5 rings (SSSR count). The number of thiophene rings is 1. The minimum Gasteiger partial charge on any atom is -0.507 e. The lowest BCUT2D eigenvalue weighted by atomic mass is 9.86. The number of rotatable bonds is 4. The summed E-state index contributed by atoms with van der Waals surface area (Å²) in [5.74, 6) is 0.132. The topological polar surface area (TPSA) is 95.2 Å². The molecule has 0 bridgehead atoms. The highest BCUT2D eigenvalue weighted by Crippen LogP contribution is 2.46. The predicted molar refractivity (Wildman–Crippen MR) is 119 cm³/mol. The van der Waals surface area contributed by atoms with Crippen molar-refractivity contribution in [1.29, 1.82) is 0 Å². The Bertz CT molecular complexity index is 1400. The van der Waals surface area contributed by atoms with E-state index in [-0.39, 0.29) is 40.4 Å². The van der Waals surface area contributed by atoms with Gasteiger partial charge in [-0.15, -0.1) is 0 Å². The Labute approximate surface area is 186 Å². The zero-order valence-corrected chi connectivity index (χ0v) is 18.0. The van der Waals surface area contributed by atoms with Gasteiger partial charge in [0.05, 0.1) is 26.2 Å². The third kappa shape index (κ3) is 3.11. The number of ether oxygens (including phenoxy) is 3. The molecule has 1 N–H and O–H groups in total. The quantitative estimate of drug-likeness (QED) is 0.356. The van der Waals surface area contributed by atoms with E-state index in [1.54, 1.807) is 18.2 Å². The minimum atomic E-state index is -0.406. The lowest BCUT2D eigenvalue weighted by molar-refractivity contribution is -0.135. The van der Waals surface area contributed by atoms with E-state index >= 15 is 0 Å². The molecule has 1 atom stereocenters. The molecule has 7 nitrogen and oxygen atoms in total. The molecule has 162 valence electrons. The zero-order valence-electron chi connectivity index (χ0n) is 17.2. The van der Waals surface area contributed by atoms with E-state index < -0.39 is 11.4 Å². The first kappa shape index (κ1) is 20.1. The second-order valence-electron chi connectivity index (χ2n) is 7.35. The fourth-order valence-corrected chi connectivity index (χ4v) is 4.81. The van der Waals surface area contributed by atoms with Crippen molar-refractivity contribution in [2.24, 2.45) is 0 Å². The van der Waals surface area contributed by atoms with Crippen LogP contribution < -0.4 is 19.6 Å². The molecule has 0 saturated heterocycles. The Morgan fingerprint density at radius 2 is 1.91 bits per heavy atom. The summed E-state index contributed by atoms with van der Waals surface area (Å²) in [7, 11) is 3.04. The lowest BCUT2D eigenvalue weighted by Gasteiger charge is -2.25. The highest BCUT2D eigenvalue weighted by Gasteiger charge is 2.33. The highest BCUT2D eigenvalue weighted by atomic mass is 32.1. The molecule has 0 fully saturated rings. The van der Waals surface area contributed by atoms with Crippen molar-refractivity contribution in [2.75, 3.05) is 14.2 Å². The maximum atomic E-state index is 13.4. The molecule has 2 aromatic heterocycles. The van der Waals surface area contributed by atoms with Crippen LogP contribution in [0.2, 0.25) is 0 Å². The SMILES string of the molecule is COc1ccc(-c2coc3c4c(cc(O)c3c2=O)OC(=O)C[C@H]4c2ccsc2)cc1OC. The average Bonchev–Trinajstić information content (AvgIpc) is 3.32. The van der Waals surface area contributed by atoms with Crippen LogP contribution in [0.25, 0.3) is 22.1 Å². The number of hydrogen-bond donors (Lipinski definition) is 1. The first-order valence-electron chi connectivity index (χ1n) is 9.78. The molecule has 0 spiro atoms. The van der Waals surface area contributed by atoms with E-state index in [1.807, 2.05) is 16.8 Å². The number of carbonyl (C=O) groups is 1. The van der Waals surface area contributed by atoms with Crippen molar-refractivity contribution in [3.05, 3.63) is 68.7 Å². The summed E-state index contributed by atoms with van der Waals surface area (Å²) < 4.78 is 21.9. The molecule has 0 unspecified atom stereocenters. The van der Waals surface area contributed by atoms with Gasteiger partial charge >= 0.3 is 5.97 Å². The monoisotopic (exact) mass is 450 g/mol. The van der Waals surface area contributed by atoms with Crippen LogP contribution in [0.4, 0.5) is 0 Å². The standard InChI is InChI=1S/C24H18O7S/c1-28-17-4-3-12(7-18(17)29-2)15-10-30-24-21-14(13-5-6-32-11-13)8-20(26)31-19(21)9-16(25)22(24)23(15)27/h3-7,9-11,14,25H,8H2,1-2H3/t14-/m0/s1. The maximum absolute atomic E-state index is 13.4. The zero-order chi connectivity index (χ0) is 22.4. The van der Waals surface area contributed by atoms with Gasteiger partial charge in [0.1, 0.15) is 28.7 Å². The Balaban J connectivity index is 1.75. The molecule has 0 radical (unpaired) electrons. The smallest absolute Gasteiger partial charge is 0.312 e. The number of benzene rings is 2. The molecule has 8 heteroatoms. The van der Waals surface area contributed by atoms with E-state index in [9.17, 15) is 14.7 Å². The van der Waals surface area contributed by atoms with Gasteiger partial charge in [-0.25, -0.2) is 0 Å². The van der Waals surface area contributed by atoms with E-state index in [0.717, 1.165) is 5.56 Å². The Morgan fingerprint density at radius 3 is 2.62 bits per heavy atom. The number of hydrogen-bond acceptors (Lipinski definition) is 8. The Hall–Kier alpha value is -3.78. The molecule has 4 aromatic rings. The number of methoxy groups -OCH3 is 2. The van der Waals surface area contributed by atoms with Crippen LogP contribution in [0.1, 0.15) is 23.5 Å². The van der Waals surface area contributed by atoms with Crippen LogP contribution in [0, 0.1) is 0 Å². The maximum Gasteiger partial charge on any atom is 0.312 e. The van der Waals surface area contributed by atoms with Gasteiger partial charge in [-0.1, -0.05) is 6.07 Å². The first-order chi connectivity index (χ1) is 15.5. The molecule has 1 aliphatic rings. The van der Waals surface area contributed by atoms with Gasteiger partial charge in [0, 0.05) is 17.5 Å². The number of esters is 1. The second kappa shape index (κ2) is 7.72. The van der Waals surface area contributed by atoms with Crippen molar-refractivity contribution < 1.29 is 28.5 Å². The van der Waals surface area contributed by atoms with Crippen molar-refractivity contribution >= 4 is 28.3 Å². The summed E-state index contributed by atoms with van der Waals surface area (Å²) in [6.07, 6.45) is 1.47. The highest BCUT2D eigenvalue weighted by molar-refractivity contribution is 7.08. The number of carbonyl (C=O) groups excluding carboxylic acids is 1. The third-order valence-corrected chi connectivity index (χ3v) is 6.31. The summed E-state index contributed by atoms with van der Waals surface area (Å²) in [6.45, 7) is 0. The number of fused-ring (bicyclic) bond motifs is 3. The summed E-state index contributed by atoms with van der Waals surface area (Å²) >= 11 is 1.51. The van der Waals surface area contributed by atoms with Gasteiger partial charge in [-0.05, 0) is 40.1 Å². The van der Waals surface area contributed by atoms with E-state index in [1.165, 1.54) is 37.9 Å². The normalized spacial score (nSPS) is 15.3. The van der Waals surface area contributed by atoms with E-state index in [4.69, 9.17) is 18.6 Å². The average molecular weight is 450 g/mol. The van der Waals surface area contributed by atoms with Crippen molar-refractivity contribution in [3.8, 4) is 34.1 Å². The van der Waals surface area contributed by atoms with E-state index in [0.29, 0.717) is 22.6 Å². The summed E-state index contributed by atoms with van der Waals surface area (Å²) in [6, 6.07) is 8.31. The van der Waals surface area contributed by atoms with E-state index in [2.05, 4.69) is 0 Å². The van der Waals surface area contributed by atoms with Crippen molar-refractivity contribution in [3.63, 3.8) is 0 Å². The van der Waals surface area contributed by atoms with Crippen molar-refractivity contribution in [2.45, 2.75) is 12.3 Å². The van der Waals surface area contributed by atoms with Crippen LogP contribution >= 0.6 is 11.3 Å². The molecule has 32 heavy (non-hydrogen) atoms. The van der Waals surface area contributed by atoms with Crippen LogP contribution in [0.3, 0.4) is 0 Å². The van der Waals surface area contributed by atoms with Crippen LogP contribution in [0.5, 0.6) is 23.0 Å². The first-order valence-corrected chi connectivity index (χ1v) is 10.7. The number of aromatic hydroxyl groups is 1. The second-order valence-corrected chi connectivity index (χ2v) is 8.13. The molecule has 0 amide bonds. The fourth-order valence-electron chi connectivity index (χ4n) is 4.09. The predicted octanol–water partition coefficient (Wildman–Crippen LogP) is 4.69. The lowest BCUT2D eigenvalue weighted by Crippen LogP contribution is -2.21. The molecule has 3 heterocycles. The molecule has 0 saturated carbocycles. The number of phenolic OH excluding ortho intramolecular Hbond substituents is 1. The van der Waals surface area contributed by atoms with Gasteiger partial charge in [-0.3, -0.25) is 9.59 Å². The van der Waals surface area contributed by atoms with Gasteiger partial charge in [0.2, 0.25) is 5.43 Å². The molecule has 1 aliphatic heterocycles. The number of phenols is 1. The van der Waals surface area contributed by atoms with Crippen LogP contribution in [-0.2, 0) is 4.79 Å². The Morgan fingerprint density at radius 1 is 1.09 bits per heavy atom. The summed E-state index contributed by atoms with van der Waals surface area (Å²) in [5.41, 5.74) is 2.11.